The second kappa shape index (κ2) is 14.7. The van der Waals surface area contributed by atoms with Crippen LogP contribution in [0, 0.1) is 11.8 Å². The van der Waals surface area contributed by atoms with E-state index >= 15 is 0 Å². The first-order valence-electron chi connectivity index (χ1n) is 13.7. The summed E-state index contributed by atoms with van der Waals surface area (Å²) in [5.41, 5.74) is 2.47. The summed E-state index contributed by atoms with van der Waals surface area (Å²) < 4.78 is 5.36. The van der Waals surface area contributed by atoms with Gasteiger partial charge in [-0.1, -0.05) is 24.8 Å². The van der Waals surface area contributed by atoms with E-state index in [1.807, 2.05) is 24.3 Å². The van der Waals surface area contributed by atoms with Crippen LogP contribution in [0.3, 0.4) is 0 Å². The Balaban J connectivity index is 1.68. The third kappa shape index (κ3) is 10.1. The standard InChI is InChI=1S/C31H39N7O3/c1-7-16-33-27-25(21-35-29(37-27)34-19-15-23-13-17-32-18-14-23)12-11-24-9-8-10-26(20-24)36-28(39)22(2)38(6)30(40)41-31(3,4)5/h8-10,13-14,17-18,20-22H,7,15-16,19H2,1-6H3,(H,36,39)(H2,33,34,35,37)/t22-/m0/s1. The van der Waals surface area contributed by atoms with Crippen molar-refractivity contribution in [1.82, 2.24) is 19.9 Å². The average Bonchev–Trinajstić information content (AvgIpc) is 2.94. The zero-order chi connectivity index (χ0) is 29.8. The molecule has 1 atom stereocenters. The maximum absolute atomic E-state index is 12.8. The number of benzene rings is 1. The molecule has 3 aromatic rings. The summed E-state index contributed by atoms with van der Waals surface area (Å²) >= 11 is 0. The molecule has 0 aliphatic rings. The minimum atomic E-state index is -0.735. The Labute approximate surface area is 242 Å². The maximum atomic E-state index is 12.8. The van der Waals surface area contributed by atoms with Gasteiger partial charge in [-0.05, 0) is 76.4 Å². The van der Waals surface area contributed by atoms with Crippen LogP contribution in [-0.2, 0) is 16.0 Å². The van der Waals surface area contributed by atoms with Gasteiger partial charge < -0.3 is 20.7 Å². The molecule has 10 heteroatoms. The molecule has 2 aromatic heterocycles. The highest BCUT2D eigenvalue weighted by Gasteiger charge is 2.27. The number of carbonyl (C=O) groups excluding carboxylic acids is 2. The van der Waals surface area contributed by atoms with Crippen LogP contribution in [0.4, 0.5) is 22.2 Å². The number of carbonyl (C=O) groups is 2. The van der Waals surface area contributed by atoms with Gasteiger partial charge in [0.2, 0.25) is 11.9 Å². The molecule has 41 heavy (non-hydrogen) atoms. The number of aromatic nitrogens is 3. The molecule has 0 aliphatic heterocycles. The minimum absolute atomic E-state index is 0.338. The molecule has 0 saturated heterocycles. The second-order valence-electron chi connectivity index (χ2n) is 10.5. The van der Waals surface area contributed by atoms with Gasteiger partial charge in [0, 0.05) is 43.8 Å². The van der Waals surface area contributed by atoms with Crippen LogP contribution in [0.2, 0.25) is 0 Å². The molecule has 0 radical (unpaired) electrons. The van der Waals surface area contributed by atoms with Crippen molar-refractivity contribution < 1.29 is 14.3 Å². The molecule has 2 amide bonds. The third-order valence-electron chi connectivity index (χ3n) is 5.89. The SMILES string of the molecule is CCCNc1nc(NCCc2ccncc2)ncc1C#Cc1cccc(NC(=O)[C@H](C)N(C)C(=O)OC(C)(C)C)c1. The number of likely N-dealkylation sites (N-methyl/N-ethyl adjacent to an activating group) is 1. The van der Waals surface area contributed by atoms with Crippen LogP contribution in [0.25, 0.3) is 0 Å². The van der Waals surface area contributed by atoms with Gasteiger partial charge in [0.25, 0.3) is 0 Å². The fourth-order valence-electron chi connectivity index (χ4n) is 3.53. The largest absolute Gasteiger partial charge is 0.444 e. The van der Waals surface area contributed by atoms with E-state index in [9.17, 15) is 9.59 Å². The van der Waals surface area contributed by atoms with Crippen molar-refractivity contribution in [2.24, 2.45) is 0 Å². The van der Waals surface area contributed by atoms with Crippen LogP contribution < -0.4 is 16.0 Å². The van der Waals surface area contributed by atoms with Gasteiger partial charge >= 0.3 is 6.09 Å². The first-order valence-corrected chi connectivity index (χ1v) is 13.7. The van der Waals surface area contributed by atoms with Crippen LogP contribution in [0.15, 0.2) is 55.0 Å². The highest BCUT2D eigenvalue weighted by molar-refractivity contribution is 5.96. The second-order valence-corrected chi connectivity index (χ2v) is 10.5. The topological polar surface area (TPSA) is 121 Å². The molecule has 216 valence electrons. The lowest BCUT2D eigenvalue weighted by Crippen LogP contribution is -2.45. The predicted molar refractivity (Wildman–Crippen MR) is 162 cm³/mol. The van der Waals surface area contributed by atoms with Crippen molar-refractivity contribution in [1.29, 1.82) is 0 Å². The lowest BCUT2D eigenvalue weighted by molar-refractivity contribution is -0.120. The summed E-state index contributed by atoms with van der Waals surface area (Å²) in [6, 6.07) is 10.4. The Morgan fingerprint density at radius 3 is 2.54 bits per heavy atom. The number of rotatable bonds is 10. The van der Waals surface area contributed by atoms with Crippen LogP contribution >= 0.6 is 0 Å². The number of anilines is 3. The van der Waals surface area contributed by atoms with Crippen molar-refractivity contribution in [3.8, 4) is 11.8 Å². The Hall–Kier alpha value is -4.65. The molecule has 0 spiro atoms. The first-order chi connectivity index (χ1) is 19.6. The molecular weight excluding hydrogens is 518 g/mol. The maximum Gasteiger partial charge on any atom is 0.410 e. The number of nitrogens with one attached hydrogen (secondary N) is 3. The fourth-order valence-corrected chi connectivity index (χ4v) is 3.53. The van der Waals surface area contributed by atoms with E-state index in [2.05, 4.69) is 49.7 Å². The molecule has 10 nitrogen and oxygen atoms in total. The van der Waals surface area contributed by atoms with E-state index in [-0.39, 0.29) is 5.91 Å². The van der Waals surface area contributed by atoms with E-state index in [1.54, 1.807) is 58.4 Å². The smallest absolute Gasteiger partial charge is 0.410 e. The Bertz CT molecular complexity index is 1380. The highest BCUT2D eigenvalue weighted by Crippen LogP contribution is 2.16. The van der Waals surface area contributed by atoms with Crippen LogP contribution in [0.1, 0.15) is 57.7 Å². The van der Waals surface area contributed by atoms with Crippen molar-refractivity contribution in [3.05, 3.63) is 71.7 Å². The van der Waals surface area contributed by atoms with Gasteiger partial charge in [-0.3, -0.25) is 14.7 Å². The molecule has 0 aliphatic carbocycles. The summed E-state index contributed by atoms with van der Waals surface area (Å²) in [7, 11) is 1.54. The Kier molecular flexibility index (Phi) is 11.0. The van der Waals surface area contributed by atoms with Gasteiger partial charge in [-0.2, -0.15) is 4.98 Å². The zero-order valence-corrected chi connectivity index (χ0v) is 24.6. The van der Waals surface area contributed by atoms with E-state index < -0.39 is 17.7 Å². The summed E-state index contributed by atoms with van der Waals surface area (Å²) in [6.45, 7) is 10.5. The van der Waals surface area contributed by atoms with Gasteiger partial charge in [0.05, 0.1) is 11.8 Å². The molecule has 1 aromatic carbocycles. The average molecular weight is 558 g/mol. The molecule has 0 bridgehead atoms. The monoisotopic (exact) mass is 557 g/mol. The number of nitrogens with zero attached hydrogens (tertiary/aromatic N) is 4. The predicted octanol–water partition coefficient (Wildman–Crippen LogP) is 4.94. The third-order valence-corrected chi connectivity index (χ3v) is 5.89. The molecule has 3 N–H and O–H groups in total. The Morgan fingerprint density at radius 1 is 1.07 bits per heavy atom. The number of pyridine rings is 1. The van der Waals surface area contributed by atoms with Crippen molar-refractivity contribution in [2.75, 3.05) is 36.1 Å². The number of hydrogen-bond donors (Lipinski definition) is 3. The van der Waals surface area contributed by atoms with Gasteiger partial charge in [-0.15, -0.1) is 0 Å². The lowest BCUT2D eigenvalue weighted by Gasteiger charge is -2.28. The Morgan fingerprint density at radius 2 is 1.83 bits per heavy atom. The van der Waals surface area contributed by atoms with E-state index in [1.165, 1.54) is 17.5 Å². The van der Waals surface area contributed by atoms with Crippen LogP contribution in [-0.4, -0.2) is 63.6 Å². The summed E-state index contributed by atoms with van der Waals surface area (Å²) in [5.74, 6) is 7.14. The zero-order valence-electron chi connectivity index (χ0n) is 24.6. The van der Waals surface area contributed by atoms with E-state index in [0.29, 0.717) is 35.1 Å². The quantitative estimate of drug-likeness (QED) is 0.300. The summed E-state index contributed by atoms with van der Waals surface area (Å²) in [4.78, 5) is 39.6. The van der Waals surface area contributed by atoms with E-state index in [0.717, 1.165) is 19.4 Å². The fraction of sp³-hybridized carbons (Fsp3) is 0.387. The van der Waals surface area contributed by atoms with Gasteiger partial charge in [0.1, 0.15) is 17.5 Å². The minimum Gasteiger partial charge on any atom is -0.444 e. The first kappa shape index (κ1) is 30.9. The molecule has 3 rings (SSSR count). The van der Waals surface area contributed by atoms with Gasteiger partial charge in [-0.25, -0.2) is 9.78 Å². The summed E-state index contributed by atoms with van der Waals surface area (Å²) in [5, 5.41) is 9.45. The molecule has 0 fully saturated rings. The van der Waals surface area contributed by atoms with Gasteiger partial charge in [0.15, 0.2) is 0 Å². The molecule has 0 unspecified atom stereocenters. The highest BCUT2D eigenvalue weighted by atomic mass is 16.6. The summed E-state index contributed by atoms with van der Waals surface area (Å²) in [6.07, 6.45) is 6.46. The molecular formula is C31H39N7O3. The van der Waals surface area contributed by atoms with E-state index in [4.69, 9.17) is 4.74 Å². The number of hydrogen-bond acceptors (Lipinski definition) is 8. The van der Waals surface area contributed by atoms with Crippen LogP contribution in [0.5, 0.6) is 0 Å². The van der Waals surface area contributed by atoms with Crippen molar-refractivity contribution in [3.63, 3.8) is 0 Å². The molecule has 2 heterocycles. The van der Waals surface area contributed by atoms with Crippen molar-refractivity contribution in [2.45, 2.75) is 59.1 Å². The van der Waals surface area contributed by atoms with Crippen molar-refractivity contribution >= 4 is 29.5 Å². The number of ether oxygens (including phenoxy) is 1. The molecule has 0 saturated carbocycles. The lowest BCUT2D eigenvalue weighted by atomic mass is 10.1. The number of amides is 2. The normalized spacial score (nSPS) is 11.5.